The molecule has 0 aliphatic carbocycles. The number of likely N-dealkylation sites (tertiary alicyclic amines) is 1. The van der Waals surface area contributed by atoms with Gasteiger partial charge in [0.25, 0.3) is 5.91 Å². The van der Waals surface area contributed by atoms with Crippen molar-refractivity contribution in [1.82, 2.24) is 14.9 Å². The molecule has 1 aromatic heterocycles. The lowest BCUT2D eigenvalue weighted by Gasteiger charge is -2.25. The zero-order valence-electron chi connectivity index (χ0n) is 13.1. The van der Waals surface area contributed by atoms with E-state index in [1.54, 1.807) is 12.1 Å². The predicted octanol–water partition coefficient (Wildman–Crippen LogP) is 2.79. The van der Waals surface area contributed by atoms with Crippen molar-refractivity contribution in [3.8, 4) is 0 Å². The minimum atomic E-state index is -0.972. The maximum atomic E-state index is 13.6. The molecule has 0 bridgehead atoms. The minimum Gasteiger partial charge on any atom is -0.391 e. The van der Waals surface area contributed by atoms with E-state index in [0.29, 0.717) is 16.6 Å². The van der Waals surface area contributed by atoms with Gasteiger partial charge in [0, 0.05) is 6.54 Å². The van der Waals surface area contributed by atoms with E-state index in [1.165, 1.54) is 17.3 Å². The number of hydrogen-bond donors (Lipinski definition) is 2. The first-order valence-corrected chi connectivity index (χ1v) is 7.90. The Bertz CT molecular complexity index is 956. The third-order valence-corrected chi connectivity index (χ3v) is 4.55. The Morgan fingerprint density at radius 1 is 1.24 bits per heavy atom. The molecule has 1 aliphatic rings. The Morgan fingerprint density at radius 3 is 2.88 bits per heavy atom. The van der Waals surface area contributed by atoms with Crippen molar-refractivity contribution in [3.63, 3.8) is 0 Å². The molecule has 1 fully saturated rings. The summed E-state index contributed by atoms with van der Waals surface area (Å²) in [5.41, 5.74) is 2.13. The van der Waals surface area contributed by atoms with Crippen molar-refractivity contribution in [2.75, 3.05) is 6.54 Å². The first-order chi connectivity index (χ1) is 12.0. The molecule has 3 aromatic rings. The third-order valence-electron chi connectivity index (χ3n) is 4.55. The van der Waals surface area contributed by atoms with Crippen LogP contribution in [0.2, 0.25) is 0 Å². The molecule has 1 aliphatic heterocycles. The molecule has 1 amide bonds. The van der Waals surface area contributed by atoms with Gasteiger partial charge in [-0.05, 0) is 36.2 Å². The van der Waals surface area contributed by atoms with Crippen LogP contribution in [0.25, 0.3) is 11.0 Å². The standard InChI is InChI=1S/C18H15F2N3O2/c19-13-5-4-10(6-14(13)20)16-7-11(24)8-23(16)18(25)12-2-1-3-15-17(12)22-9-21-15/h1-6,9,11,16,24H,7-8H2,(H,21,22)/t11-,16-/m1/s1. The van der Waals surface area contributed by atoms with E-state index in [0.717, 1.165) is 17.6 Å². The number of nitrogens with one attached hydrogen (secondary N) is 1. The van der Waals surface area contributed by atoms with Crippen molar-refractivity contribution in [2.24, 2.45) is 0 Å². The van der Waals surface area contributed by atoms with Gasteiger partial charge in [-0.15, -0.1) is 0 Å². The number of amides is 1. The number of imidazole rings is 1. The van der Waals surface area contributed by atoms with Crippen LogP contribution in [-0.2, 0) is 0 Å². The number of aromatic amines is 1. The van der Waals surface area contributed by atoms with Gasteiger partial charge < -0.3 is 15.0 Å². The number of aromatic nitrogens is 2. The number of β-amino-alcohol motifs (C(OH)–C–C–N with tert-alkyl or cyclic N) is 1. The summed E-state index contributed by atoms with van der Waals surface area (Å²) >= 11 is 0. The van der Waals surface area contributed by atoms with E-state index in [-0.39, 0.29) is 18.9 Å². The molecule has 7 heteroatoms. The number of nitrogens with zero attached hydrogens (tertiary/aromatic N) is 2. The second-order valence-electron chi connectivity index (χ2n) is 6.14. The van der Waals surface area contributed by atoms with E-state index >= 15 is 0 Å². The fraction of sp³-hybridized carbons (Fsp3) is 0.222. The number of rotatable bonds is 2. The highest BCUT2D eigenvalue weighted by molar-refractivity contribution is 6.05. The maximum absolute atomic E-state index is 13.6. The summed E-state index contributed by atoms with van der Waals surface area (Å²) in [6, 6.07) is 8.25. The fourth-order valence-corrected chi connectivity index (χ4v) is 3.37. The summed E-state index contributed by atoms with van der Waals surface area (Å²) < 4.78 is 26.8. The van der Waals surface area contributed by atoms with E-state index < -0.39 is 23.8 Å². The van der Waals surface area contributed by atoms with Crippen LogP contribution < -0.4 is 0 Å². The van der Waals surface area contributed by atoms with Gasteiger partial charge in [0.15, 0.2) is 11.6 Å². The van der Waals surface area contributed by atoms with Crippen LogP contribution in [0.15, 0.2) is 42.7 Å². The number of benzene rings is 2. The van der Waals surface area contributed by atoms with Crippen molar-refractivity contribution in [1.29, 1.82) is 0 Å². The Labute approximate surface area is 141 Å². The number of halogens is 2. The average molecular weight is 343 g/mol. The fourth-order valence-electron chi connectivity index (χ4n) is 3.37. The number of fused-ring (bicyclic) bond motifs is 1. The van der Waals surface area contributed by atoms with Gasteiger partial charge in [-0.25, -0.2) is 13.8 Å². The van der Waals surface area contributed by atoms with Gasteiger partial charge >= 0.3 is 0 Å². The van der Waals surface area contributed by atoms with Crippen molar-refractivity contribution < 1.29 is 18.7 Å². The lowest BCUT2D eigenvalue weighted by molar-refractivity contribution is 0.0717. The van der Waals surface area contributed by atoms with Crippen LogP contribution in [0.1, 0.15) is 28.4 Å². The van der Waals surface area contributed by atoms with Crippen LogP contribution in [0.4, 0.5) is 8.78 Å². The van der Waals surface area contributed by atoms with Crippen molar-refractivity contribution in [2.45, 2.75) is 18.6 Å². The number of para-hydroxylation sites is 1. The normalized spacial score (nSPS) is 20.4. The summed E-state index contributed by atoms with van der Waals surface area (Å²) in [5.74, 6) is -2.22. The Kier molecular flexibility index (Phi) is 3.73. The molecule has 0 radical (unpaired) electrons. The first kappa shape index (κ1) is 15.7. The SMILES string of the molecule is O=C(c1cccc2[nH]cnc12)N1C[C@H](O)C[C@@H]1c1ccc(F)c(F)c1. The van der Waals surface area contributed by atoms with Gasteiger partial charge in [0.2, 0.25) is 0 Å². The molecule has 25 heavy (non-hydrogen) atoms. The van der Waals surface area contributed by atoms with E-state index in [4.69, 9.17) is 0 Å². The van der Waals surface area contributed by atoms with Gasteiger partial charge in [0.05, 0.1) is 29.6 Å². The first-order valence-electron chi connectivity index (χ1n) is 7.90. The lowest BCUT2D eigenvalue weighted by atomic mass is 10.0. The number of carbonyl (C=O) groups is 1. The molecule has 2 N–H and O–H groups in total. The molecule has 128 valence electrons. The van der Waals surface area contributed by atoms with Crippen LogP contribution in [0, 0.1) is 11.6 Å². The van der Waals surface area contributed by atoms with Crippen molar-refractivity contribution >= 4 is 16.9 Å². The molecule has 0 saturated carbocycles. The molecule has 2 heterocycles. The second-order valence-corrected chi connectivity index (χ2v) is 6.14. The number of carbonyl (C=O) groups excluding carboxylic acids is 1. The smallest absolute Gasteiger partial charge is 0.256 e. The van der Waals surface area contributed by atoms with E-state index in [2.05, 4.69) is 9.97 Å². The largest absolute Gasteiger partial charge is 0.391 e. The Balaban J connectivity index is 1.73. The highest BCUT2D eigenvalue weighted by atomic mass is 19.2. The minimum absolute atomic E-state index is 0.128. The quantitative estimate of drug-likeness (QED) is 0.752. The molecule has 5 nitrogen and oxygen atoms in total. The zero-order chi connectivity index (χ0) is 17.6. The molecule has 4 rings (SSSR count). The van der Waals surface area contributed by atoms with Crippen LogP contribution in [0.3, 0.4) is 0 Å². The summed E-state index contributed by atoms with van der Waals surface area (Å²) in [5, 5.41) is 10.0. The summed E-state index contributed by atoms with van der Waals surface area (Å²) in [4.78, 5) is 21.6. The zero-order valence-corrected chi connectivity index (χ0v) is 13.1. The van der Waals surface area contributed by atoms with Crippen LogP contribution >= 0.6 is 0 Å². The average Bonchev–Trinajstić information content (AvgIpc) is 3.22. The summed E-state index contributed by atoms with van der Waals surface area (Å²) in [7, 11) is 0. The number of H-pyrrole nitrogens is 1. The second kappa shape index (κ2) is 5.93. The molecule has 1 saturated heterocycles. The van der Waals surface area contributed by atoms with E-state index in [9.17, 15) is 18.7 Å². The molecular formula is C18H15F2N3O2. The molecule has 0 spiro atoms. The third kappa shape index (κ3) is 2.66. The molecule has 2 atom stereocenters. The number of hydrogen-bond acceptors (Lipinski definition) is 3. The molecule has 2 aromatic carbocycles. The van der Waals surface area contributed by atoms with E-state index in [1.807, 2.05) is 6.07 Å². The van der Waals surface area contributed by atoms with Crippen LogP contribution in [0.5, 0.6) is 0 Å². The highest BCUT2D eigenvalue weighted by Gasteiger charge is 2.36. The maximum Gasteiger partial charge on any atom is 0.256 e. The predicted molar refractivity (Wildman–Crippen MR) is 86.9 cm³/mol. The van der Waals surface area contributed by atoms with Gasteiger partial charge in [0.1, 0.15) is 5.52 Å². The summed E-state index contributed by atoms with van der Waals surface area (Å²) in [6.07, 6.45) is 1.06. The Hall–Kier alpha value is -2.80. The molecular weight excluding hydrogens is 328 g/mol. The highest BCUT2D eigenvalue weighted by Crippen LogP contribution is 2.34. The summed E-state index contributed by atoms with van der Waals surface area (Å²) in [6.45, 7) is 0.128. The number of aliphatic hydroxyl groups excluding tert-OH is 1. The van der Waals surface area contributed by atoms with Crippen molar-refractivity contribution in [3.05, 3.63) is 65.5 Å². The van der Waals surface area contributed by atoms with Gasteiger partial charge in [-0.3, -0.25) is 4.79 Å². The Morgan fingerprint density at radius 2 is 2.08 bits per heavy atom. The van der Waals surface area contributed by atoms with Gasteiger partial charge in [-0.2, -0.15) is 0 Å². The number of aliphatic hydroxyl groups is 1. The van der Waals surface area contributed by atoms with Gasteiger partial charge in [-0.1, -0.05) is 12.1 Å². The lowest BCUT2D eigenvalue weighted by Crippen LogP contribution is -2.32. The molecule has 0 unspecified atom stereocenters. The van der Waals surface area contributed by atoms with Crippen LogP contribution in [-0.4, -0.2) is 38.5 Å². The topological polar surface area (TPSA) is 69.2 Å². The monoisotopic (exact) mass is 343 g/mol.